The smallest absolute Gasteiger partial charge is 0.337 e. The van der Waals surface area contributed by atoms with E-state index < -0.39 is 5.97 Å². The van der Waals surface area contributed by atoms with Crippen molar-refractivity contribution in [1.82, 2.24) is 0 Å². The molecule has 1 rings (SSSR count). The van der Waals surface area contributed by atoms with Gasteiger partial charge in [0.05, 0.1) is 5.57 Å². The summed E-state index contributed by atoms with van der Waals surface area (Å²) >= 11 is 5.67. The summed E-state index contributed by atoms with van der Waals surface area (Å²) in [7, 11) is 0. The maximum atomic E-state index is 10.8. The second-order valence-electron chi connectivity index (χ2n) is 2.58. The van der Waals surface area contributed by atoms with Crippen LogP contribution in [0.2, 0.25) is 0 Å². The van der Waals surface area contributed by atoms with Crippen LogP contribution in [0.5, 0.6) is 0 Å². The van der Waals surface area contributed by atoms with Gasteiger partial charge in [0, 0.05) is 5.03 Å². The SMILES string of the molecule is C/C(Cl)=C(/C(=O)O)c1ccccc1. The van der Waals surface area contributed by atoms with Gasteiger partial charge in [0.1, 0.15) is 0 Å². The molecular formula is C10H9ClO2. The molecule has 2 nitrogen and oxygen atoms in total. The molecule has 0 bridgehead atoms. The third-order valence-corrected chi connectivity index (χ3v) is 1.81. The fourth-order valence-electron chi connectivity index (χ4n) is 1.07. The third kappa shape index (κ3) is 2.33. The van der Waals surface area contributed by atoms with Gasteiger partial charge in [0.2, 0.25) is 0 Å². The highest BCUT2D eigenvalue weighted by molar-refractivity contribution is 6.37. The zero-order chi connectivity index (χ0) is 9.84. The maximum absolute atomic E-state index is 10.8. The van der Waals surface area contributed by atoms with Gasteiger partial charge in [-0.25, -0.2) is 4.79 Å². The normalized spacial score (nSPS) is 12.2. The van der Waals surface area contributed by atoms with Gasteiger partial charge in [-0.3, -0.25) is 0 Å². The number of carboxylic acid groups (broad SMARTS) is 1. The summed E-state index contributed by atoms with van der Waals surface area (Å²) < 4.78 is 0. The number of hydrogen-bond donors (Lipinski definition) is 1. The quantitative estimate of drug-likeness (QED) is 0.739. The second-order valence-corrected chi connectivity index (χ2v) is 3.15. The molecular weight excluding hydrogens is 188 g/mol. The van der Waals surface area contributed by atoms with E-state index in [1.807, 2.05) is 6.07 Å². The molecule has 0 heterocycles. The Balaban J connectivity index is 3.20. The average molecular weight is 197 g/mol. The van der Waals surface area contributed by atoms with E-state index in [0.717, 1.165) is 0 Å². The Morgan fingerprint density at radius 2 is 1.85 bits per heavy atom. The van der Waals surface area contributed by atoms with Crippen LogP contribution in [0.15, 0.2) is 35.4 Å². The zero-order valence-corrected chi connectivity index (χ0v) is 7.88. The van der Waals surface area contributed by atoms with E-state index in [4.69, 9.17) is 16.7 Å². The van der Waals surface area contributed by atoms with Crippen molar-refractivity contribution >= 4 is 23.1 Å². The van der Waals surface area contributed by atoms with E-state index in [1.54, 1.807) is 31.2 Å². The first kappa shape index (κ1) is 9.81. The minimum absolute atomic E-state index is 0.155. The van der Waals surface area contributed by atoms with E-state index in [-0.39, 0.29) is 5.57 Å². The molecule has 1 aromatic rings. The van der Waals surface area contributed by atoms with E-state index in [1.165, 1.54) is 0 Å². The highest BCUT2D eigenvalue weighted by Gasteiger charge is 2.11. The molecule has 0 aliphatic heterocycles. The van der Waals surface area contributed by atoms with Gasteiger partial charge in [-0.15, -0.1) is 0 Å². The number of halogens is 1. The van der Waals surface area contributed by atoms with Crippen molar-refractivity contribution in [3.05, 3.63) is 40.9 Å². The Bertz CT molecular complexity index is 337. The summed E-state index contributed by atoms with van der Waals surface area (Å²) in [5, 5.41) is 9.15. The lowest BCUT2D eigenvalue weighted by Gasteiger charge is -2.02. The number of carbonyl (C=O) groups is 1. The van der Waals surface area contributed by atoms with Gasteiger partial charge in [-0.1, -0.05) is 41.9 Å². The predicted octanol–water partition coefficient (Wildman–Crippen LogP) is 2.74. The molecule has 0 amide bonds. The Labute approximate surface area is 81.5 Å². The molecule has 0 aliphatic rings. The molecule has 0 saturated heterocycles. The fraction of sp³-hybridized carbons (Fsp3) is 0.100. The van der Waals surface area contributed by atoms with Crippen LogP contribution >= 0.6 is 11.6 Å². The molecule has 0 radical (unpaired) electrons. The number of rotatable bonds is 2. The highest BCUT2D eigenvalue weighted by atomic mass is 35.5. The van der Waals surface area contributed by atoms with Crippen molar-refractivity contribution in [2.24, 2.45) is 0 Å². The summed E-state index contributed by atoms with van der Waals surface area (Å²) in [5.74, 6) is -1.00. The van der Waals surface area contributed by atoms with Crippen molar-refractivity contribution in [3.63, 3.8) is 0 Å². The van der Waals surface area contributed by atoms with Crippen LogP contribution < -0.4 is 0 Å². The first-order chi connectivity index (χ1) is 6.13. The van der Waals surface area contributed by atoms with E-state index in [9.17, 15) is 4.79 Å². The lowest BCUT2D eigenvalue weighted by molar-refractivity contribution is -0.130. The van der Waals surface area contributed by atoms with Gasteiger partial charge in [0.25, 0.3) is 0 Å². The monoisotopic (exact) mass is 196 g/mol. The van der Waals surface area contributed by atoms with Gasteiger partial charge < -0.3 is 5.11 Å². The number of carboxylic acids is 1. The molecule has 1 N–H and O–H groups in total. The summed E-state index contributed by atoms with van der Waals surface area (Å²) in [4.78, 5) is 10.8. The molecule has 0 unspecified atom stereocenters. The van der Waals surface area contributed by atoms with Gasteiger partial charge in [0.15, 0.2) is 0 Å². The standard InChI is InChI=1S/C10H9ClO2/c1-7(11)9(10(12)13)8-5-3-2-4-6-8/h2-6H,1H3,(H,12,13)/b9-7-. The number of allylic oxidation sites excluding steroid dienone is 1. The van der Waals surface area contributed by atoms with Crippen LogP contribution in [0.1, 0.15) is 12.5 Å². The van der Waals surface area contributed by atoms with Gasteiger partial charge in [-0.2, -0.15) is 0 Å². The molecule has 0 saturated carbocycles. The highest BCUT2D eigenvalue weighted by Crippen LogP contribution is 2.20. The van der Waals surface area contributed by atoms with Crippen LogP contribution in [-0.2, 0) is 4.79 Å². The summed E-state index contributed by atoms with van der Waals surface area (Å²) in [6.07, 6.45) is 0. The summed E-state index contributed by atoms with van der Waals surface area (Å²) in [6, 6.07) is 8.81. The Kier molecular flexibility index (Phi) is 3.09. The minimum Gasteiger partial charge on any atom is -0.478 e. The molecule has 0 spiro atoms. The second kappa shape index (κ2) is 4.10. The fourth-order valence-corrected chi connectivity index (χ4v) is 1.26. The summed E-state index contributed by atoms with van der Waals surface area (Å²) in [5.41, 5.74) is 0.782. The van der Waals surface area contributed by atoms with Crippen molar-refractivity contribution in [3.8, 4) is 0 Å². The number of hydrogen-bond acceptors (Lipinski definition) is 1. The van der Waals surface area contributed by atoms with E-state index >= 15 is 0 Å². The van der Waals surface area contributed by atoms with Crippen molar-refractivity contribution < 1.29 is 9.90 Å². The van der Waals surface area contributed by atoms with Crippen molar-refractivity contribution in [2.75, 3.05) is 0 Å². The Morgan fingerprint density at radius 3 is 2.23 bits per heavy atom. The lowest BCUT2D eigenvalue weighted by Crippen LogP contribution is -2.00. The predicted molar refractivity (Wildman–Crippen MR) is 52.5 cm³/mol. The van der Waals surface area contributed by atoms with Crippen LogP contribution in [0, 0.1) is 0 Å². The molecule has 3 heteroatoms. The van der Waals surface area contributed by atoms with Crippen LogP contribution in [0.3, 0.4) is 0 Å². The molecule has 0 fully saturated rings. The van der Waals surface area contributed by atoms with E-state index in [2.05, 4.69) is 0 Å². The summed E-state index contributed by atoms with van der Waals surface area (Å²) in [6.45, 7) is 1.57. The first-order valence-corrected chi connectivity index (χ1v) is 4.16. The first-order valence-electron chi connectivity index (χ1n) is 3.78. The minimum atomic E-state index is -1.00. The molecule has 1 aromatic carbocycles. The lowest BCUT2D eigenvalue weighted by atomic mass is 10.1. The molecule has 13 heavy (non-hydrogen) atoms. The van der Waals surface area contributed by atoms with Crippen LogP contribution in [0.25, 0.3) is 5.57 Å². The Morgan fingerprint density at radius 1 is 1.31 bits per heavy atom. The molecule has 68 valence electrons. The Hall–Kier alpha value is -1.28. The molecule has 0 aromatic heterocycles. The number of aliphatic carboxylic acids is 1. The third-order valence-electron chi connectivity index (χ3n) is 1.62. The van der Waals surface area contributed by atoms with Crippen LogP contribution in [-0.4, -0.2) is 11.1 Å². The number of benzene rings is 1. The van der Waals surface area contributed by atoms with Crippen molar-refractivity contribution in [2.45, 2.75) is 6.92 Å². The van der Waals surface area contributed by atoms with Crippen LogP contribution in [0.4, 0.5) is 0 Å². The zero-order valence-electron chi connectivity index (χ0n) is 7.12. The van der Waals surface area contributed by atoms with E-state index in [0.29, 0.717) is 10.6 Å². The van der Waals surface area contributed by atoms with Crippen molar-refractivity contribution in [1.29, 1.82) is 0 Å². The van der Waals surface area contributed by atoms with Gasteiger partial charge in [-0.05, 0) is 12.5 Å². The molecule has 0 aliphatic carbocycles. The topological polar surface area (TPSA) is 37.3 Å². The largest absolute Gasteiger partial charge is 0.478 e. The molecule has 0 atom stereocenters. The average Bonchev–Trinajstić information content (AvgIpc) is 2.04. The maximum Gasteiger partial charge on any atom is 0.337 e. The van der Waals surface area contributed by atoms with Gasteiger partial charge >= 0.3 is 5.97 Å².